The minimum absolute atomic E-state index is 0.498. The molecule has 27 heavy (non-hydrogen) atoms. The maximum Gasteiger partial charge on any atom is 0.490 e. The van der Waals surface area contributed by atoms with Gasteiger partial charge in [0.25, 0.3) is 0 Å². The summed E-state index contributed by atoms with van der Waals surface area (Å²) in [6.07, 6.45) is -7.86. The molecule has 0 bridgehead atoms. The number of nitrogens with one attached hydrogen (secondary N) is 1. The van der Waals surface area contributed by atoms with Crippen LogP contribution in [0.25, 0.3) is 0 Å². The molecule has 0 aliphatic carbocycles. The summed E-state index contributed by atoms with van der Waals surface area (Å²) in [5.41, 5.74) is 6.55. The molecule has 0 radical (unpaired) electrons. The van der Waals surface area contributed by atoms with E-state index in [0.29, 0.717) is 11.7 Å². The zero-order valence-electron chi connectivity index (χ0n) is 13.5. The molecule has 0 amide bonds. The Balaban J connectivity index is 0.000000416. The fraction of sp³-hybridized carbons (Fsp3) is 0.538. The predicted octanol–water partition coefficient (Wildman–Crippen LogP) is 1.79. The van der Waals surface area contributed by atoms with E-state index in [9.17, 15) is 26.3 Å². The highest BCUT2D eigenvalue weighted by Gasteiger charge is 2.38. The Labute approximate surface area is 148 Å². The summed E-state index contributed by atoms with van der Waals surface area (Å²) in [6, 6.07) is 3.81. The molecule has 1 aliphatic heterocycles. The number of hydrogen-bond donors (Lipinski definition) is 4. The summed E-state index contributed by atoms with van der Waals surface area (Å²) in [5, 5.41) is 25.5. The van der Waals surface area contributed by atoms with Gasteiger partial charge in [0.15, 0.2) is 0 Å². The van der Waals surface area contributed by atoms with Crippen LogP contribution in [0.4, 0.5) is 32.2 Å². The number of aromatic nitrogens is 2. The van der Waals surface area contributed by atoms with E-state index < -0.39 is 24.3 Å². The number of alkyl halides is 6. The predicted molar refractivity (Wildman–Crippen MR) is 78.7 cm³/mol. The second-order valence-electron chi connectivity index (χ2n) is 5.01. The fourth-order valence-corrected chi connectivity index (χ4v) is 1.69. The van der Waals surface area contributed by atoms with Crippen molar-refractivity contribution < 1.29 is 46.1 Å². The first-order valence-electron chi connectivity index (χ1n) is 7.15. The Hall–Kier alpha value is -2.64. The second-order valence-corrected chi connectivity index (χ2v) is 5.01. The first-order chi connectivity index (χ1) is 12.2. The summed E-state index contributed by atoms with van der Waals surface area (Å²) in [5.74, 6) is -4.45. The molecule has 0 saturated carbocycles. The SMILES string of the molecule is Nc1ccc(C2CCNCC2)nn1.O=C(O)C(F)(F)F.O=C(O)C(F)(F)F. The number of piperidine rings is 1. The van der Waals surface area contributed by atoms with Gasteiger partial charge in [0, 0.05) is 5.92 Å². The van der Waals surface area contributed by atoms with Crippen LogP contribution in [0, 0.1) is 0 Å². The Morgan fingerprint density at radius 3 is 1.67 bits per heavy atom. The number of carbonyl (C=O) groups is 2. The molecule has 0 spiro atoms. The van der Waals surface area contributed by atoms with Crippen molar-refractivity contribution in [1.29, 1.82) is 0 Å². The van der Waals surface area contributed by atoms with Gasteiger partial charge < -0.3 is 21.3 Å². The van der Waals surface area contributed by atoms with Gasteiger partial charge in [0.1, 0.15) is 5.82 Å². The number of rotatable bonds is 1. The highest BCUT2D eigenvalue weighted by molar-refractivity contribution is 5.73. The average molecular weight is 406 g/mol. The maximum atomic E-state index is 10.6. The average Bonchev–Trinajstić information content (AvgIpc) is 2.56. The van der Waals surface area contributed by atoms with Crippen LogP contribution in [0.5, 0.6) is 0 Å². The zero-order valence-corrected chi connectivity index (χ0v) is 13.5. The number of anilines is 1. The van der Waals surface area contributed by atoms with Crippen molar-refractivity contribution >= 4 is 17.8 Å². The largest absolute Gasteiger partial charge is 0.490 e. The lowest BCUT2D eigenvalue weighted by Crippen LogP contribution is -2.27. The molecule has 14 heteroatoms. The van der Waals surface area contributed by atoms with Crippen molar-refractivity contribution in [3.63, 3.8) is 0 Å². The Kier molecular flexibility index (Phi) is 9.47. The van der Waals surface area contributed by atoms with E-state index in [1.54, 1.807) is 0 Å². The van der Waals surface area contributed by atoms with Crippen LogP contribution >= 0.6 is 0 Å². The molecule has 2 heterocycles. The third kappa shape index (κ3) is 10.8. The van der Waals surface area contributed by atoms with Crippen molar-refractivity contribution in [2.45, 2.75) is 31.1 Å². The lowest BCUT2D eigenvalue weighted by molar-refractivity contribution is -0.193. The lowest BCUT2D eigenvalue weighted by atomic mass is 9.94. The summed E-state index contributed by atoms with van der Waals surface area (Å²) in [7, 11) is 0. The third-order valence-corrected chi connectivity index (χ3v) is 2.95. The molecule has 1 aliphatic rings. The fourth-order valence-electron chi connectivity index (χ4n) is 1.69. The number of carboxylic acids is 2. The number of halogens is 6. The molecule has 1 aromatic heterocycles. The molecule has 0 aromatic carbocycles. The number of nitrogens with two attached hydrogens (primary N) is 1. The number of carboxylic acid groups (broad SMARTS) is 2. The minimum Gasteiger partial charge on any atom is -0.475 e. The molecule has 154 valence electrons. The zero-order chi connectivity index (χ0) is 21.3. The van der Waals surface area contributed by atoms with Crippen LogP contribution in [0.2, 0.25) is 0 Å². The van der Waals surface area contributed by atoms with Crippen LogP contribution < -0.4 is 11.1 Å². The third-order valence-electron chi connectivity index (χ3n) is 2.95. The molecule has 5 N–H and O–H groups in total. The van der Waals surface area contributed by atoms with Gasteiger partial charge in [-0.1, -0.05) is 0 Å². The topological polar surface area (TPSA) is 138 Å². The van der Waals surface area contributed by atoms with Crippen molar-refractivity contribution in [2.24, 2.45) is 0 Å². The van der Waals surface area contributed by atoms with Crippen molar-refractivity contribution in [2.75, 3.05) is 18.8 Å². The number of aliphatic carboxylic acids is 2. The van der Waals surface area contributed by atoms with Gasteiger partial charge in [-0.3, -0.25) is 0 Å². The molecule has 0 unspecified atom stereocenters. The molecule has 1 fully saturated rings. The van der Waals surface area contributed by atoms with Gasteiger partial charge in [-0.2, -0.15) is 31.4 Å². The van der Waals surface area contributed by atoms with E-state index in [4.69, 9.17) is 25.5 Å². The lowest BCUT2D eigenvalue weighted by Gasteiger charge is -2.21. The summed E-state index contributed by atoms with van der Waals surface area (Å²) >= 11 is 0. The molecule has 1 saturated heterocycles. The van der Waals surface area contributed by atoms with Crippen LogP contribution in [0.1, 0.15) is 24.5 Å². The van der Waals surface area contributed by atoms with Gasteiger partial charge in [0.05, 0.1) is 5.69 Å². The van der Waals surface area contributed by atoms with Crippen LogP contribution in [0.15, 0.2) is 12.1 Å². The van der Waals surface area contributed by atoms with Crippen molar-refractivity contribution in [1.82, 2.24) is 15.5 Å². The van der Waals surface area contributed by atoms with Gasteiger partial charge >= 0.3 is 24.3 Å². The van der Waals surface area contributed by atoms with E-state index >= 15 is 0 Å². The first kappa shape index (κ1) is 24.4. The highest BCUT2D eigenvalue weighted by atomic mass is 19.4. The summed E-state index contributed by atoms with van der Waals surface area (Å²) in [4.78, 5) is 17.8. The minimum atomic E-state index is -5.08. The Morgan fingerprint density at radius 2 is 1.37 bits per heavy atom. The van der Waals surface area contributed by atoms with Gasteiger partial charge in [-0.25, -0.2) is 9.59 Å². The second kappa shape index (κ2) is 10.5. The first-order valence-corrected chi connectivity index (χ1v) is 7.15. The monoisotopic (exact) mass is 406 g/mol. The van der Waals surface area contributed by atoms with Crippen molar-refractivity contribution in [3.05, 3.63) is 17.8 Å². The number of nitrogen functional groups attached to an aromatic ring is 1. The van der Waals surface area contributed by atoms with Gasteiger partial charge in [0.2, 0.25) is 0 Å². The van der Waals surface area contributed by atoms with E-state index in [2.05, 4.69) is 15.5 Å². The number of hydrogen-bond acceptors (Lipinski definition) is 6. The van der Waals surface area contributed by atoms with E-state index in [1.165, 1.54) is 0 Å². The summed E-state index contributed by atoms with van der Waals surface area (Å²) in [6.45, 7) is 2.16. The van der Waals surface area contributed by atoms with Gasteiger partial charge in [-0.05, 0) is 38.1 Å². The quantitative estimate of drug-likeness (QED) is 0.518. The highest BCUT2D eigenvalue weighted by Crippen LogP contribution is 2.22. The normalized spacial score (nSPS) is 14.9. The summed E-state index contributed by atoms with van der Waals surface area (Å²) < 4.78 is 63.5. The standard InChI is InChI=1S/C9H14N4.2C2HF3O2/c10-9-2-1-8(12-13-9)7-3-5-11-6-4-7;2*3-2(4,5)1(6)7/h1-2,7,11H,3-6H2,(H2,10,13);2*(H,6,7). The Bertz CT molecular complexity index is 576. The molecule has 8 nitrogen and oxygen atoms in total. The molecule has 2 rings (SSSR count). The van der Waals surface area contributed by atoms with E-state index in [0.717, 1.165) is 31.6 Å². The van der Waals surface area contributed by atoms with E-state index in [-0.39, 0.29) is 0 Å². The van der Waals surface area contributed by atoms with Crippen LogP contribution in [-0.2, 0) is 9.59 Å². The van der Waals surface area contributed by atoms with Crippen LogP contribution in [0.3, 0.4) is 0 Å². The smallest absolute Gasteiger partial charge is 0.475 e. The molecule has 1 aromatic rings. The molecular formula is C13H16F6N4O4. The van der Waals surface area contributed by atoms with Crippen molar-refractivity contribution in [3.8, 4) is 0 Å². The number of nitrogens with zero attached hydrogens (tertiary/aromatic N) is 2. The van der Waals surface area contributed by atoms with Gasteiger partial charge in [-0.15, -0.1) is 5.10 Å². The maximum absolute atomic E-state index is 10.6. The van der Waals surface area contributed by atoms with E-state index in [1.807, 2.05) is 12.1 Å². The molecule has 0 atom stereocenters. The van der Waals surface area contributed by atoms with Crippen LogP contribution in [-0.4, -0.2) is 57.8 Å². The molecular weight excluding hydrogens is 390 g/mol. The Morgan fingerprint density at radius 1 is 0.963 bits per heavy atom.